The van der Waals surface area contributed by atoms with Crippen molar-refractivity contribution in [2.45, 2.75) is 94.9 Å². The first kappa shape index (κ1) is 30.7. The van der Waals surface area contributed by atoms with Crippen molar-refractivity contribution in [1.82, 2.24) is 5.32 Å². The molecule has 0 radical (unpaired) electrons. The van der Waals surface area contributed by atoms with Gasteiger partial charge in [0.2, 0.25) is 0 Å². The van der Waals surface area contributed by atoms with Gasteiger partial charge in [0.25, 0.3) is 5.91 Å². The Kier molecular flexibility index (Phi) is 9.10. The van der Waals surface area contributed by atoms with Crippen molar-refractivity contribution < 1.29 is 50.8 Å². The zero-order valence-corrected chi connectivity index (χ0v) is 23.5. The average molecular weight is 598 g/mol. The standard InChI is InChI=1S/C30H35F4NO7/c1-28(2)41-25-15-29(27(36)35-16-22-10-6-12-37-22,39-18-20-8-3-4-11-23(20)31)14-24(26(25)42-28)38-17-19-7-5-9-21(13-19)40-30(32,33)34/h3-5,7-9,11,13,22,24-26H,6,10,12,14-18H2,1-2H3,(H,35,36)/t22-,24+,25+,26-,29+/m0/s1. The van der Waals surface area contributed by atoms with E-state index in [1.165, 1.54) is 24.3 Å². The van der Waals surface area contributed by atoms with Gasteiger partial charge in [-0.05, 0) is 50.5 Å². The molecule has 1 aliphatic carbocycles. The van der Waals surface area contributed by atoms with Gasteiger partial charge in [0, 0.05) is 31.6 Å². The quantitative estimate of drug-likeness (QED) is 0.378. The first-order valence-corrected chi connectivity index (χ1v) is 14.0. The van der Waals surface area contributed by atoms with Crippen LogP contribution in [0.25, 0.3) is 0 Å². The van der Waals surface area contributed by atoms with Crippen molar-refractivity contribution in [3.63, 3.8) is 0 Å². The van der Waals surface area contributed by atoms with Gasteiger partial charge in [-0.3, -0.25) is 4.79 Å². The van der Waals surface area contributed by atoms with E-state index in [0.717, 1.165) is 12.8 Å². The minimum Gasteiger partial charge on any atom is -0.406 e. The van der Waals surface area contributed by atoms with Gasteiger partial charge in [0.1, 0.15) is 17.7 Å². The molecule has 12 heteroatoms. The number of hydrogen-bond donors (Lipinski definition) is 1. The molecule has 3 aliphatic rings. The van der Waals surface area contributed by atoms with E-state index in [9.17, 15) is 22.4 Å². The lowest BCUT2D eigenvalue weighted by Gasteiger charge is -2.43. The van der Waals surface area contributed by atoms with Crippen LogP contribution in [-0.4, -0.2) is 61.2 Å². The van der Waals surface area contributed by atoms with E-state index < -0.39 is 47.8 Å². The molecule has 230 valence electrons. The van der Waals surface area contributed by atoms with Gasteiger partial charge in [0.15, 0.2) is 11.4 Å². The number of hydrogen-bond acceptors (Lipinski definition) is 7. The van der Waals surface area contributed by atoms with E-state index in [0.29, 0.717) is 12.2 Å². The predicted molar refractivity (Wildman–Crippen MR) is 141 cm³/mol. The van der Waals surface area contributed by atoms with Gasteiger partial charge in [-0.1, -0.05) is 30.3 Å². The van der Waals surface area contributed by atoms with Crippen molar-refractivity contribution in [1.29, 1.82) is 0 Å². The summed E-state index contributed by atoms with van der Waals surface area (Å²) in [6.07, 6.45) is -4.97. The molecule has 8 nitrogen and oxygen atoms in total. The lowest BCUT2D eigenvalue weighted by Crippen LogP contribution is -2.60. The van der Waals surface area contributed by atoms with Crippen LogP contribution >= 0.6 is 0 Å². The first-order valence-electron chi connectivity index (χ1n) is 14.0. The molecule has 3 fully saturated rings. The van der Waals surface area contributed by atoms with E-state index in [4.69, 9.17) is 23.7 Å². The fourth-order valence-corrected chi connectivity index (χ4v) is 5.75. The molecular weight excluding hydrogens is 562 g/mol. The van der Waals surface area contributed by atoms with Gasteiger partial charge in [-0.25, -0.2) is 4.39 Å². The van der Waals surface area contributed by atoms with Crippen molar-refractivity contribution >= 4 is 5.91 Å². The van der Waals surface area contributed by atoms with Crippen LogP contribution in [0.3, 0.4) is 0 Å². The number of fused-ring (bicyclic) bond motifs is 1. The van der Waals surface area contributed by atoms with Crippen LogP contribution in [0.2, 0.25) is 0 Å². The van der Waals surface area contributed by atoms with Crippen LogP contribution in [0.15, 0.2) is 48.5 Å². The van der Waals surface area contributed by atoms with Crippen LogP contribution < -0.4 is 10.1 Å². The highest BCUT2D eigenvalue weighted by Gasteiger charge is 2.58. The van der Waals surface area contributed by atoms with Gasteiger partial charge < -0.3 is 33.7 Å². The number of halogens is 4. The molecule has 2 aromatic carbocycles. The Balaban J connectivity index is 1.38. The maximum Gasteiger partial charge on any atom is 0.573 e. The fourth-order valence-electron chi connectivity index (χ4n) is 5.75. The monoisotopic (exact) mass is 597 g/mol. The van der Waals surface area contributed by atoms with Crippen molar-refractivity contribution in [3.8, 4) is 5.75 Å². The zero-order chi connectivity index (χ0) is 30.0. The van der Waals surface area contributed by atoms with Crippen molar-refractivity contribution in [2.75, 3.05) is 13.2 Å². The summed E-state index contributed by atoms with van der Waals surface area (Å²) in [4.78, 5) is 13.9. The average Bonchev–Trinajstić information content (AvgIpc) is 3.55. The number of carbonyl (C=O) groups is 1. The topological polar surface area (TPSA) is 84.5 Å². The SMILES string of the molecule is CC1(C)O[C@H]2[C@H](OCc3cccc(OC(F)(F)F)c3)C[C@](OCc3ccccc3F)(C(=O)NC[C@@H]3CCCO3)C[C@H]2O1. The normalized spacial score (nSPS) is 28.8. The molecule has 1 amide bonds. The number of rotatable bonds is 10. The molecule has 5 atom stereocenters. The summed E-state index contributed by atoms with van der Waals surface area (Å²) in [6, 6.07) is 11.6. The molecular formula is C30H35F4NO7. The number of nitrogens with one attached hydrogen (secondary N) is 1. The molecule has 1 N–H and O–H groups in total. The molecule has 0 spiro atoms. The smallest absolute Gasteiger partial charge is 0.406 e. The Labute approximate surface area is 241 Å². The van der Waals surface area contributed by atoms with Crippen LogP contribution in [0.5, 0.6) is 5.75 Å². The summed E-state index contributed by atoms with van der Waals surface area (Å²) < 4.78 is 87.3. The second-order valence-electron chi connectivity index (χ2n) is 11.3. The molecule has 2 aliphatic heterocycles. The molecule has 1 saturated carbocycles. The molecule has 5 rings (SSSR count). The van der Waals surface area contributed by atoms with Gasteiger partial charge in [-0.2, -0.15) is 0 Å². The predicted octanol–water partition coefficient (Wildman–Crippen LogP) is 5.17. The van der Waals surface area contributed by atoms with Crippen molar-refractivity contribution in [2.24, 2.45) is 0 Å². The highest BCUT2D eigenvalue weighted by Crippen LogP contribution is 2.44. The highest BCUT2D eigenvalue weighted by molar-refractivity contribution is 5.85. The second kappa shape index (κ2) is 12.5. The van der Waals surface area contributed by atoms with Gasteiger partial charge in [-0.15, -0.1) is 13.2 Å². The lowest BCUT2D eigenvalue weighted by atomic mass is 9.78. The van der Waals surface area contributed by atoms with E-state index >= 15 is 0 Å². The zero-order valence-electron chi connectivity index (χ0n) is 23.5. The molecule has 2 saturated heterocycles. The molecule has 2 aromatic rings. The Morgan fingerprint density at radius 3 is 2.62 bits per heavy atom. The van der Waals surface area contributed by atoms with Crippen LogP contribution in [-0.2, 0) is 41.7 Å². The summed E-state index contributed by atoms with van der Waals surface area (Å²) in [6.45, 7) is 4.15. The van der Waals surface area contributed by atoms with Crippen molar-refractivity contribution in [3.05, 3.63) is 65.5 Å². The Morgan fingerprint density at radius 2 is 1.88 bits per heavy atom. The maximum atomic E-state index is 14.5. The van der Waals surface area contributed by atoms with E-state index in [-0.39, 0.29) is 50.0 Å². The molecule has 42 heavy (non-hydrogen) atoms. The Morgan fingerprint density at radius 1 is 1.07 bits per heavy atom. The summed E-state index contributed by atoms with van der Waals surface area (Å²) in [5.74, 6) is -2.22. The number of benzene rings is 2. The Bertz CT molecular complexity index is 1240. The maximum absolute atomic E-state index is 14.5. The molecule has 0 unspecified atom stereocenters. The minimum atomic E-state index is -4.83. The van der Waals surface area contributed by atoms with Crippen LogP contribution in [0.1, 0.15) is 50.7 Å². The highest BCUT2D eigenvalue weighted by atomic mass is 19.4. The summed E-state index contributed by atoms with van der Waals surface area (Å²) in [5, 5.41) is 2.95. The third-order valence-electron chi connectivity index (χ3n) is 7.64. The van der Waals surface area contributed by atoms with Gasteiger partial charge >= 0.3 is 6.36 Å². The third-order valence-corrected chi connectivity index (χ3v) is 7.64. The summed E-state index contributed by atoms with van der Waals surface area (Å²) in [7, 11) is 0. The number of alkyl halides is 3. The first-order chi connectivity index (χ1) is 19.9. The van der Waals surface area contributed by atoms with Crippen LogP contribution in [0.4, 0.5) is 17.6 Å². The van der Waals surface area contributed by atoms with E-state index in [1.54, 1.807) is 38.1 Å². The van der Waals surface area contributed by atoms with Gasteiger partial charge in [0.05, 0.1) is 31.5 Å². The third kappa shape index (κ3) is 7.59. The summed E-state index contributed by atoms with van der Waals surface area (Å²) in [5.41, 5.74) is -0.760. The lowest BCUT2D eigenvalue weighted by molar-refractivity contribution is -0.274. The number of amides is 1. The summed E-state index contributed by atoms with van der Waals surface area (Å²) >= 11 is 0. The minimum absolute atomic E-state index is 0.0398. The van der Waals surface area contributed by atoms with E-state index in [2.05, 4.69) is 10.1 Å². The Hall–Kier alpha value is -2.77. The number of carbonyl (C=O) groups excluding carboxylic acids is 1. The second-order valence-corrected chi connectivity index (χ2v) is 11.3. The molecule has 2 heterocycles. The van der Waals surface area contributed by atoms with E-state index in [1.807, 2.05) is 0 Å². The molecule has 0 aromatic heterocycles. The fraction of sp³-hybridized carbons (Fsp3) is 0.567. The number of ether oxygens (including phenoxy) is 6. The largest absolute Gasteiger partial charge is 0.573 e. The van der Waals surface area contributed by atoms with Crippen LogP contribution in [0, 0.1) is 5.82 Å². The molecule has 0 bridgehead atoms.